The van der Waals surface area contributed by atoms with Gasteiger partial charge in [-0.25, -0.2) is 0 Å². The van der Waals surface area contributed by atoms with Crippen molar-refractivity contribution in [3.8, 4) is 0 Å². The lowest BCUT2D eigenvalue weighted by Gasteiger charge is -2.29. The molecule has 0 saturated carbocycles. The number of hydrogen-bond donors (Lipinski definition) is 1. The van der Waals surface area contributed by atoms with E-state index >= 15 is 0 Å². The summed E-state index contributed by atoms with van der Waals surface area (Å²) in [7, 11) is 1.62. The summed E-state index contributed by atoms with van der Waals surface area (Å²) in [6.45, 7) is 8.63. The molecule has 0 aromatic heterocycles. The van der Waals surface area contributed by atoms with E-state index in [1.54, 1.807) is 18.1 Å². The lowest BCUT2D eigenvalue weighted by molar-refractivity contribution is -0.135. The Morgan fingerprint density at radius 3 is 2.67 bits per heavy atom. The van der Waals surface area contributed by atoms with Gasteiger partial charge in [-0.05, 0) is 20.3 Å². The molecule has 0 saturated heterocycles. The monoisotopic (exact) mass is 214 g/mol. The van der Waals surface area contributed by atoms with Gasteiger partial charge in [-0.3, -0.25) is 4.79 Å². The van der Waals surface area contributed by atoms with Crippen molar-refractivity contribution in [3.05, 3.63) is 12.7 Å². The summed E-state index contributed by atoms with van der Waals surface area (Å²) in [5, 5.41) is 0. The number of carbonyl (C=O) groups is 1. The third kappa shape index (κ3) is 4.44. The van der Waals surface area contributed by atoms with Crippen LogP contribution in [0.4, 0.5) is 0 Å². The molecule has 4 heteroatoms. The van der Waals surface area contributed by atoms with E-state index in [9.17, 15) is 4.79 Å². The van der Waals surface area contributed by atoms with Crippen molar-refractivity contribution in [2.45, 2.75) is 32.4 Å². The van der Waals surface area contributed by atoms with Gasteiger partial charge in [0.2, 0.25) is 5.91 Å². The number of ether oxygens (including phenoxy) is 1. The molecule has 0 aliphatic rings. The number of amides is 1. The van der Waals surface area contributed by atoms with Crippen LogP contribution in [0.5, 0.6) is 0 Å². The molecule has 0 heterocycles. The molecule has 0 aliphatic carbocycles. The van der Waals surface area contributed by atoms with Crippen molar-refractivity contribution in [2.75, 3.05) is 20.3 Å². The topological polar surface area (TPSA) is 55.6 Å². The highest BCUT2D eigenvalue weighted by Gasteiger charge is 2.22. The fraction of sp³-hybridized carbons (Fsp3) is 0.727. The van der Waals surface area contributed by atoms with Gasteiger partial charge in [-0.15, -0.1) is 6.58 Å². The van der Waals surface area contributed by atoms with Gasteiger partial charge in [0.15, 0.2) is 0 Å². The van der Waals surface area contributed by atoms with Crippen molar-refractivity contribution < 1.29 is 9.53 Å². The summed E-state index contributed by atoms with van der Waals surface area (Å²) < 4.78 is 5.02. The number of nitrogens with zero attached hydrogens (tertiary/aromatic N) is 1. The Labute approximate surface area is 92.1 Å². The molecule has 4 nitrogen and oxygen atoms in total. The van der Waals surface area contributed by atoms with E-state index < -0.39 is 6.04 Å². The van der Waals surface area contributed by atoms with E-state index in [2.05, 4.69) is 6.58 Å². The van der Waals surface area contributed by atoms with Gasteiger partial charge in [-0.1, -0.05) is 6.08 Å². The van der Waals surface area contributed by atoms with Gasteiger partial charge in [0.1, 0.15) is 0 Å². The molecule has 0 rings (SSSR count). The Kier molecular flexibility index (Phi) is 6.99. The second-order valence-corrected chi connectivity index (χ2v) is 3.56. The molecule has 88 valence electrons. The number of rotatable bonds is 7. The number of methoxy groups -OCH3 is 1. The first-order valence-corrected chi connectivity index (χ1v) is 5.24. The Morgan fingerprint density at radius 1 is 1.67 bits per heavy atom. The van der Waals surface area contributed by atoms with Crippen LogP contribution >= 0.6 is 0 Å². The quantitative estimate of drug-likeness (QED) is 0.637. The number of nitrogens with two attached hydrogens (primary N) is 1. The average molecular weight is 214 g/mol. The van der Waals surface area contributed by atoms with Crippen molar-refractivity contribution in [1.82, 2.24) is 4.90 Å². The van der Waals surface area contributed by atoms with Gasteiger partial charge in [-0.2, -0.15) is 0 Å². The molecule has 15 heavy (non-hydrogen) atoms. The molecule has 2 N–H and O–H groups in total. The van der Waals surface area contributed by atoms with Crippen LogP contribution in [0.1, 0.15) is 20.3 Å². The smallest absolute Gasteiger partial charge is 0.240 e. The zero-order valence-corrected chi connectivity index (χ0v) is 9.90. The first-order valence-electron chi connectivity index (χ1n) is 5.24. The maximum Gasteiger partial charge on any atom is 0.240 e. The third-order valence-electron chi connectivity index (χ3n) is 2.30. The SMILES string of the molecule is C=CCC(N)C(=O)N(CC)C(C)COC. The van der Waals surface area contributed by atoms with Crippen molar-refractivity contribution in [3.63, 3.8) is 0 Å². The predicted molar refractivity (Wildman–Crippen MR) is 61.5 cm³/mol. The number of carbonyl (C=O) groups excluding carboxylic acids is 1. The van der Waals surface area contributed by atoms with Crippen LogP contribution in [0, 0.1) is 0 Å². The third-order valence-corrected chi connectivity index (χ3v) is 2.30. The van der Waals surface area contributed by atoms with E-state index in [1.165, 1.54) is 0 Å². The van der Waals surface area contributed by atoms with Crippen LogP contribution in [0.15, 0.2) is 12.7 Å². The molecule has 0 aliphatic heterocycles. The zero-order valence-electron chi connectivity index (χ0n) is 9.90. The first-order chi connectivity index (χ1) is 7.08. The number of hydrogen-bond acceptors (Lipinski definition) is 3. The lowest BCUT2D eigenvalue weighted by Crippen LogP contribution is -2.48. The van der Waals surface area contributed by atoms with Gasteiger partial charge < -0.3 is 15.4 Å². The van der Waals surface area contributed by atoms with E-state index in [0.717, 1.165) is 0 Å². The minimum Gasteiger partial charge on any atom is -0.383 e. The first kappa shape index (κ1) is 14.1. The molecular weight excluding hydrogens is 192 g/mol. The molecule has 0 spiro atoms. The Morgan fingerprint density at radius 2 is 2.27 bits per heavy atom. The van der Waals surface area contributed by atoms with Crippen molar-refractivity contribution in [1.29, 1.82) is 0 Å². The van der Waals surface area contributed by atoms with Crippen LogP contribution < -0.4 is 5.73 Å². The summed E-state index contributed by atoms with van der Waals surface area (Å²) in [5.41, 5.74) is 5.73. The minimum atomic E-state index is -0.484. The van der Waals surface area contributed by atoms with Gasteiger partial charge in [0.05, 0.1) is 18.7 Å². The fourth-order valence-corrected chi connectivity index (χ4v) is 1.51. The zero-order chi connectivity index (χ0) is 11.8. The minimum absolute atomic E-state index is 0.0399. The molecule has 0 aromatic rings. The van der Waals surface area contributed by atoms with Crippen LogP contribution in [0.2, 0.25) is 0 Å². The Balaban J connectivity index is 4.38. The number of likely N-dealkylation sites (N-methyl/N-ethyl adjacent to an activating group) is 1. The Bertz CT molecular complexity index is 207. The van der Waals surface area contributed by atoms with E-state index in [4.69, 9.17) is 10.5 Å². The summed E-state index contributed by atoms with van der Waals surface area (Å²) in [6, 6.07) is -0.426. The largest absolute Gasteiger partial charge is 0.383 e. The second-order valence-electron chi connectivity index (χ2n) is 3.56. The van der Waals surface area contributed by atoms with E-state index in [0.29, 0.717) is 19.6 Å². The molecule has 0 radical (unpaired) electrons. The average Bonchev–Trinajstić information content (AvgIpc) is 2.19. The molecule has 0 fully saturated rings. The maximum atomic E-state index is 11.9. The van der Waals surface area contributed by atoms with E-state index in [1.807, 2.05) is 13.8 Å². The van der Waals surface area contributed by atoms with Crippen LogP contribution in [0.3, 0.4) is 0 Å². The van der Waals surface area contributed by atoms with E-state index in [-0.39, 0.29) is 11.9 Å². The summed E-state index contributed by atoms with van der Waals surface area (Å²) in [5.74, 6) is -0.0399. The standard InChI is InChI=1S/C11H22N2O2/c1-5-7-10(12)11(14)13(6-2)9(3)8-15-4/h5,9-10H,1,6-8,12H2,2-4H3. The van der Waals surface area contributed by atoms with Gasteiger partial charge in [0, 0.05) is 13.7 Å². The van der Waals surface area contributed by atoms with Crippen molar-refractivity contribution >= 4 is 5.91 Å². The molecular formula is C11H22N2O2. The molecule has 2 unspecified atom stereocenters. The lowest BCUT2D eigenvalue weighted by atomic mass is 10.1. The summed E-state index contributed by atoms with van der Waals surface area (Å²) in [6.07, 6.45) is 2.17. The fourth-order valence-electron chi connectivity index (χ4n) is 1.51. The second kappa shape index (κ2) is 7.43. The normalized spacial score (nSPS) is 14.4. The van der Waals surface area contributed by atoms with Crippen LogP contribution in [-0.2, 0) is 9.53 Å². The highest BCUT2D eigenvalue weighted by atomic mass is 16.5. The van der Waals surface area contributed by atoms with Crippen LogP contribution in [0.25, 0.3) is 0 Å². The van der Waals surface area contributed by atoms with Crippen LogP contribution in [-0.4, -0.2) is 43.2 Å². The summed E-state index contributed by atoms with van der Waals surface area (Å²) >= 11 is 0. The predicted octanol–water partition coefficient (Wildman–Crippen LogP) is 0.773. The highest BCUT2D eigenvalue weighted by molar-refractivity contribution is 5.82. The summed E-state index contributed by atoms with van der Waals surface area (Å²) in [4.78, 5) is 13.6. The van der Waals surface area contributed by atoms with Crippen molar-refractivity contribution in [2.24, 2.45) is 5.73 Å². The molecule has 1 amide bonds. The van der Waals surface area contributed by atoms with Gasteiger partial charge >= 0.3 is 0 Å². The highest BCUT2D eigenvalue weighted by Crippen LogP contribution is 2.04. The molecule has 0 bridgehead atoms. The van der Waals surface area contributed by atoms with Gasteiger partial charge in [0.25, 0.3) is 0 Å². The molecule has 0 aromatic carbocycles. The maximum absolute atomic E-state index is 11.9. The molecule has 2 atom stereocenters. The Hall–Kier alpha value is -0.870.